The number of amides is 1. The van der Waals surface area contributed by atoms with E-state index in [0.717, 1.165) is 23.5 Å². The van der Waals surface area contributed by atoms with Crippen molar-refractivity contribution >= 4 is 5.91 Å². The summed E-state index contributed by atoms with van der Waals surface area (Å²) in [6, 6.07) is 15.6. The Bertz CT molecular complexity index is 635. The van der Waals surface area contributed by atoms with Crippen molar-refractivity contribution in [2.75, 3.05) is 13.7 Å². The number of rotatable bonds is 8. The van der Waals surface area contributed by atoms with Crippen LogP contribution in [0.1, 0.15) is 37.4 Å². The number of benzene rings is 2. The topological polar surface area (TPSA) is 47.6 Å². The highest BCUT2D eigenvalue weighted by molar-refractivity contribution is 5.76. The summed E-state index contributed by atoms with van der Waals surface area (Å²) in [4.78, 5) is 12.0. The zero-order valence-corrected chi connectivity index (χ0v) is 14.5. The van der Waals surface area contributed by atoms with E-state index < -0.39 is 0 Å². The molecule has 1 atom stereocenters. The van der Waals surface area contributed by atoms with Crippen LogP contribution in [0.25, 0.3) is 0 Å². The predicted octanol–water partition coefficient (Wildman–Crippen LogP) is 3.90. The third-order valence-electron chi connectivity index (χ3n) is 3.92. The van der Waals surface area contributed by atoms with E-state index in [0.29, 0.717) is 13.0 Å². The van der Waals surface area contributed by atoms with E-state index >= 15 is 0 Å². The van der Waals surface area contributed by atoms with Crippen LogP contribution in [0.3, 0.4) is 0 Å². The van der Waals surface area contributed by atoms with E-state index in [4.69, 9.17) is 9.47 Å². The molecule has 0 radical (unpaired) electrons. The van der Waals surface area contributed by atoms with Gasteiger partial charge < -0.3 is 14.8 Å². The number of carbonyl (C=O) groups is 1. The molecule has 0 aliphatic heterocycles. The summed E-state index contributed by atoms with van der Waals surface area (Å²) in [5.41, 5.74) is 2.31. The summed E-state index contributed by atoms with van der Waals surface area (Å²) >= 11 is 0. The molecular weight excluding hydrogens is 302 g/mol. The zero-order chi connectivity index (χ0) is 17.4. The van der Waals surface area contributed by atoms with Crippen molar-refractivity contribution < 1.29 is 14.3 Å². The number of carbonyl (C=O) groups excluding carboxylic acids is 1. The molecule has 1 unspecified atom stereocenters. The average molecular weight is 327 g/mol. The van der Waals surface area contributed by atoms with Crippen LogP contribution < -0.4 is 14.8 Å². The minimum absolute atomic E-state index is 0.0245. The van der Waals surface area contributed by atoms with Gasteiger partial charge in [0.2, 0.25) is 5.91 Å². The Morgan fingerprint density at radius 2 is 1.67 bits per heavy atom. The lowest BCUT2D eigenvalue weighted by molar-refractivity contribution is -0.122. The molecule has 0 saturated heterocycles. The average Bonchev–Trinajstić information content (AvgIpc) is 2.62. The standard InChI is InChI=1S/C20H25NO3/c1-4-16-5-9-19(10-6-16)24-14-13-20(22)21-15(2)17-7-11-18(23-3)12-8-17/h5-12,15H,4,13-14H2,1-3H3,(H,21,22). The van der Waals surface area contributed by atoms with Gasteiger partial charge in [0.25, 0.3) is 0 Å². The van der Waals surface area contributed by atoms with Gasteiger partial charge in [0.15, 0.2) is 0 Å². The van der Waals surface area contributed by atoms with E-state index in [-0.39, 0.29) is 11.9 Å². The highest BCUT2D eigenvalue weighted by Gasteiger charge is 2.09. The van der Waals surface area contributed by atoms with Gasteiger partial charge in [-0.25, -0.2) is 0 Å². The summed E-state index contributed by atoms with van der Waals surface area (Å²) in [6.07, 6.45) is 1.34. The summed E-state index contributed by atoms with van der Waals surface area (Å²) in [6.45, 7) is 4.45. The molecule has 4 heteroatoms. The second-order valence-corrected chi connectivity index (χ2v) is 5.66. The van der Waals surface area contributed by atoms with Gasteiger partial charge in [-0.05, 0) is 48.7 Å². The van der Waals surface area contributed by atoms with Gasteiger partial charge in [0.05, 0.1) is 26.2 Å². The number of methoxy groups -OCH3 is 1. The summed E-state index contributed by atoms with van der Waals surface area (Å²) < 4.78 is 10.8. The molecule has 0 aliphatic rings. The molecule has 0 aliphatic carbocycles. The fourth-order valence-electron chi connectivity index (χ4n) is 2.37. The molecular formula is C20H25NO3. The Labute approximate surface area is 143 Å². The second-order valence-electron chi connectivity index (χ2n) is 5.66. The minimum atomic E-state index is -0.0488. The maximum atomic E-state index is 12.0. The molecule has 0 heterocycles. The van der Waals surface area contributed by atoms with Crippen molar-refractivity contribution in [2.24, 2.45) is 0 Å². The first-order chi connectivity index (χ1) is 11.6. The largest absolute Gasteiger partial charge is 0.497 e. The van der Waals surface area contributed by atoms with Crippen LogP contribution in [-0.2, 0) is 11.2 Å². The van der Waals surface area contributed by atoms with Crippen LogP contribution >= 0.6 is 0 Å². The Balaban J connectivity index is 1.75. The van der Waals surface area contributed by atoms with Crippen LogP contribution in [0.4, 0.5) is 0 Å². The number of ether oxygens (including phenoxy) is 2. The predicted molar refractivity (Wildman–Crippen MR) is 95.5 cm³/mol. The Morgan fingerprint density at radius 3 is 2.25 bits per heavy atom. The van der Waals surface area contributed by atoms with Crippen LogP contribution in [0.5, 0.6) is 11.5 Å². The number of hydrogen-bond acceptors (Lipinski definition) is 3. The molecule has 2 rings (SSSR count). The van der Waals surface area contributed by atoms with Gasteiger partial charge in [-0.2, -0.15) is 0 Å². The maximum Gasteiger partial charge on any atom is 0.223 e. The first-order valence-electron chi connectivity index (χ1n) is 8.27. The van der Waals surface area contributed by atoms with Crippen molar-refractivity contribution in [3.63, 3.8) is 0 Å². The van der Waals surface area contributed by atoms with Crippen molar-refractivity contribution in [2.45, 2.75) is 32.7 Å². The third kappa shape index (κ3) is 5.30. The van der Waals surface area contributed by atoms with Gasteiger partial charge in [0, 0.05) is 0 Å². The van der Waals surface area contributed by atoms with Crippen molar-refractivity contribution in [3.8, 4) is 11.5 Å². The van der Waals surface area contributed by atoms with E-state index in [9.17, 15) is 4.79 Å². The summed E-state index contributed by atoms with van der Waals surface area (Å²) in [5, 5.41) is 2.98. The van der Waals surface area contributed by atoms with Gasteiger partial charge >= 0.3 is 0 Å². The van der Waals surface area contributed by atoms with Crippen molar-refractivity contribution in [1.29, 1.82) is 0 Å². The SMILES string of the molecule is CCc1ccc(OCCC(=O)NC(C)c2ccc(OC)cc2)cc1. The number of hydrogen-bond donors (Lipinski definition) is 1. The van der Waals surface area contributed by atoms with E-state index in [1.165, 1.54) is 5.56 Å². The lowest BCUT2D eigenvalue weighted by Crippen LogP contribution is -2.27. The number of aryl methyl sites for hydroxylation is 1. The quantitative estimate of drug-likeness (QED) is 0.800. The highest BCUT2D eigenvalue weighted by atomic mass is 16.5. The molecule has 128 valence electrons. The van der Waals surface area contributed by atoms with E-state index in [1.54, 1.807) is 7.11 Å². The number of nitrogens with one attached hydrogen (secondary N) is 1. The monoisotopic (exact) mass is 327 g/mol. The fraction of sp³-hybridized carbons (Fsp3) is 0.350. The third-order valence-corrected chi connectivity index (χ3v) is 3.92. The molecule has 0 bridgehead atoms. The van der Waals surface area contributed by atoms with Gasteiger partial charge in [-0.3, -0.25) is 4.79 Å². The summed E-state index contributed by atoms with van der Waals surface area (Å²) in [5.74, 6) is 1.58. The smallest absolute Gasteiger partial charge is 0.223 e. The van der Waals surface area contributed by atoms with Gasteiger partial charge in [-0.1, -0.05) is 31.2 Å². The molecule has 24 heavy (non-hydrogen) atoms. The minimum Gasteiger partial charge on any atom is -0.497 e. The first-order valence-corrected chi connectivity index (χ1v) is 8.27. The van der Waals surface area contributed by atoms with E-state index in [1.807, 2.05) is 55.5 Å². The van der Waals surface area contributed by atoms with E-state index in [2.05, 4.69) is 12.2 Å². The molecule has 0 aromatic heterocycles. The Kier molecular flexibility index (Phi) is 6.67. The van der Waals surface area contributed by atoms with Crippen LogP contribution in [-0.4, -0.2) is 19.6 Å². The highest BCUT2D eigenvalue weighted by Crippen LogP contribution is 2.17. The molecule has 2 aromatic rings. The Hall–Kier alpha value is -2.49. The summed E-state index contributed by atoms with van der Waals surface area (Å²) in [7, 11) is 1.63. The van der Waals surface area contributed by atoms with Crippen LogP contribution in [0, 0.1) is 0 Å². The molecule has 1 N–H and O–H groups in total. The Morgan fingerprint density at radius 1 is 1.04 bits per heavy atom. The molecule has 4 nitrogen and oxygen atoms in total. The molecule has 0 fully saturated rings. The molecule has 0 saturated carbocycles. The lowest BCUT2D eigenvalue weighted by atomic mass is 10.1. The van der Waals surface area contributed by atoms with Crippen LogP contribution in [0.2, 0.25) is 0 Å². The normalized spacial score (nSPS) is 11.6. The lowest BCUT2D eigenvalue weighted by Gasteiger charge is -2.15. The zero-order valence-electron chi connectivity index (χ0n) is 14.5. The van der Waals surface area contributed by atoms with Crippen molar-refractivity contribution in [1.82, 2.24) is 5.32 Å². The van der Waals surface area contributed by atoms with Crippen molar-refractivity contribution in [3.05, 3.63) is 59.7 Å². The fourth-order valence-corrected chi connectivity index (χ4v) is 2.37. The molecule has 2 aromatic carbocycles. The van der Waals surface area contributed by atoms with Gasteiger partial charge in [0.1, 0.15) is 11.5 Å². The second kappa shape index (κ2) is 8.96. The van der Waals surface area contributed by atoms with Crippen LogP contribution in [0.15, 0.2) is 48.5 Å². The maximum absolute atomic E-state index is 12.0. The van der Waals surface area contributed by atoms with Gasteiger partial charge in [-0.15, -0.1) is 0 Å². The molecule has 0 spiro atoms. The first kappa shape index (κ1) is 17.9. The molecule has 1 amide bonds.